The van der Waals surface area contributed by atoms with Crippen LogP contribution in [-0.2, 0) is 17.9 Å². The molecule has 0 fully saturated rings. The molecule has 0 amide bonds. The summed E-state index contributed by atoms with van der Waals surface area (Å²) in [5.74, 6) is 1.57. The molecule has 6 nitrogen and oxygen atoms in total. The fourth-order valence-corrected chi connectivity index (χ4v) is 2.18. The van der Waals surface area contributed by atoms with E-state index in [1.807, 2.05) is 49.4 Å². The maximum Gasteiger partial charge on any atom is 0.191 e. The Morgan fingerprint density at radius 3 is 2.84 bits per heavy atom. The molecule has 0 radical (unpaired) electrons. The molecule has 134 valence electrons. The van der Waals surface area contributed by atoms with Crippen molar-refractivity contribution >= 4 is 5.96 Å². The van der Waals surface area contributed by atoms with Crippen molar-refractivity contribution in [2.24, 2.45) is 4.99 Å². The zero-order valence-corrected chi connectivity index (χ0v) is 14.9. The lowest BCUT2D eigenvalue weighted by atomic mass is 10.2. The van der Waals surface area contributed by atoms with Crippen LogP contribution in [0, 0.1) is 0 Å². The van der Waals surface area contributed by atoms with E-state index in [2.05, 4.69) is 20.6 Å². The number of hydrogen-bond acceptors (Lipinski definition) is 4. The van der Waals surface area contributed by atoms with Gasteiger partial charge in [-0.05, 0) is 36.8 Å². The number of aliphatic imine (C=N–C) groups is 1. The maximum atomic E-state index is 5.80. The fraction of sp³-hybridized carbons (Fsp3) is 0.368. The average Bonchev–Trinajstić information content (AvgIpc) is 2.67. The van der Waals surface area contributed by atoms with Crippen LogP contribution in [0.2, 0.25) is 0 Å². The largest absolute Gasteiger partial charge is 0.487 e. The van der Waals surface area contributed by atoms with E-state index >= 15 is 0 Å². The van der Waals surface area contributed by atoms with E-state index < -0.39 is 0 Å². The second-order valence-electron chi connectivity index (χ2n) is 5.31. The summed E-state index contributed by atoms with van der Waals surface area (Å²) in [5.41, 5.74) is 2.02. The summed E-state index contributed by atoms with van der Waals surface area (Å²) < 4.78 is 11.1. The van der Waals surface area contributed by atoms with Crippen LogP contribution in [-0.4, -0.2) is 37.7 Å². The topological polar surface area (TPSA) is 67.8 Å². The molecule has 0 unspecified atom stereocenters. The molecule has 2 N–H and O–H groups in total. The molecular formula is C19H26N4O2. The molecule has 2 rings (SSSR count). The van der Waals surface area contributed by atoms with E-state index in [1.54, 1.807) is 13.2 Å². The van der Waals surface area contributed by atoms with Crippen LogP contribution in [0.25, 0.3) is 0 Å². The molecule has 0 saturated carbocycles. The summed E-state index contributed by atoms with van der Waals surface area (Å²) in [6, 6.07) is 13.8. The number of ether oxygens (including phenoxy) is 2. The van der Waals surface area contributed by atoms with Crippen molar-refractivity contribution in [2.75, 3.05) is 26.8 Å². The third kappa shape index (κ3) is 7.22. The molecule has 0 spiro atoms. The van der Waals surface area contributed by atoms with Gasteiger partial charge in [-0.25, -0.2) is 0 Å². The first kappa shape index (κ1) is 18.7. The smallest absolute Gasteiger partial charge is 0.191 e. The van der Waals surface area contributed by atoms with E-state index in [1.165, 1.54) is 0 Å². The van der Waals surface area contributed by atoms with Crippen LogP contribution in [0.15, 0.2) is 53.7 Å². The number of pyridine rings is 1. The number of rotatable bonds is 9. The molecule has 0 saturated heterocycles. The first-order valence-electron chi connectivity index (χ1n) is 8.45. The Hall–Kier alpha value is -2.60. The lowest BCUT2D eigenvalue weighted by Crippen LogP contribution is -2.38. The molecule has 0 aliphatic heterocycles. The van der Waals surface area contributed by atoms with Crippen LogP contribution in [0.5, 0.6) is 5.75 Å². The van der Waals surface area contributed by atoms with Gasteiger partial charge in [-0.2, -0.15) is 0 Å². The van der Waals surface area contributed by atoms with Gasteiger partial charge in [0.1, 0.15) is 12.4 Å². The van der Waals surface area contributed by atoms with E-state index in [0.29, 0.717) is 19.8 Å². The highest BCUT2D eigenvalue weighted by Crippen LogP contribution is 2.14. The molecule has 1 aromatic heterocycles. The second-order valence-corrected chi connectivity index (χ2v) is 5.31. The first-order valence-corrected chi connectivity index (χ1v) is 8.45. The minimum absolute atomic E-state index is 0.457. The minimum atomic E-state index is 0.457. The lowest BCUT2D eigenvalue weighted by molar-refractivity contribution is 0.152. The van der Waals surface area contributed by atoms with E-state index in [4.69, 9.17) is 9.47 Å². The molecule has 25 heavy (non-hydrogen) atoms. The molecule has 2 aromatic rings. The summed E-state index contributed by atoms with van der Waals surface area (Å²) in [7, 11) is 1.75. The standard InChI is InChI=1S/C19H26N4O2/c1-3-24-12-11-22-19(20-2)23-14-16-7-6-9-18(13-16)25-15-17-8-4-5-10-21-17/h4-10,13H,3,11-12,14-15H2,1-2H3,(H2,20,22,23). The van der Waals surface area contributed by atoms with Gasteiger partial charge in [-0.15, -0.1) is 0 Å². The van der Waals surface area contributed by atoms with Crippen molar-refractivity contribution in [1.82, 2.24) is 15.6 Å². The molecule has 1 heterocycles. The predicted octanol–water partition coefficient (Wildman–Crippen LogP) is 2.36. The van der Waals surface area contributed by atoms with Gasteiger partial charge < -0.3 is 20.1 Å². The Bertz CT molecular complexity index is 647. The zero-order valence-electron chi connectivity index (χ0n) is 14.9. The highest BCUT2D eigenvalue weighted by Gasteiger charge is 2.01. The van der Waals surface area contributed by atoms with E-state index in [9.17, 15) is 0 Å². The average molecular weight is 342 g/mol. The van der Waals surface area contributed by atoms with Crippen molar-refractivity contribution in [2.45, 2.75) is 20.1 Å². The van der Waals surface area contributed by atoms with Gasteiger partial charge >= 0.3 is 0 Å². The Kier molecular flexibility index (Phi) is 8.27. The first-order chi connectivity index (χ1) is 12.3. The predicted molar refractivity (Wildman–Crippen MR) is 99.7 cm³/mol. The molecule has 1 aromatic carbocycles. The molecule has 0 aliphatic carbocycles. The number of aromatic nitrogens is 1. The quantitative estimate of drug-likeness (QED) is 0.416. The van der Waals surface area contributed by atoms with Crippen molar-refractivity contribution < 1.29 is 9.47 Å². The normalized spacial score (nSPS) is 11.2. The number of benzene rings is 1. The summed E-state index contributed by atoms with van der Waals surface area (Å²) in [6.45, 7) is 5.21. The molecule has 0 aliphatic rings. The Labute approximate surface area is 149 Å². The SMILES string of the molecule is CCOCCNC(=NC)NCc1cccc(OCc2ccccn2)c1. The number of guanidine groups is 1. The van der Waals surface area contributed by atoms with Gasteiger partial charge in [0.05, 0.1) is 12.3 Å². The Morgan fingerprint density at radius 2 is 2.08 bits per heavy atom. The molecule has 0 atom stereocenters. The Morgan fingerprint density at radius 1 is 1.16 bits per heavy atom. The van der Waals surface area contributed by atoms with Gasteiger partial charge in [-0.3, -0.25) is 9.98 Å². The fourth-order valence-electron chi connectivity index (χ4n) is 2.18. The van der Waals surface area contributed by atoms with Crippen LogP contribution in [0.1, 0.15) is 18.2 Å². The van der Waals surface area contributed by atoms with E-state index in [0.717, 1.165) is 36.1 Å². The lowest BCUT2D eigenvalue weighted by Gasteiger charge is -2.12. The van der Waals surface area contributed by atoms with Crippen LogP contribution >= 0.6 is 0 Å². The van der Waals surface area contributed by atoms with Crippen LogP contribution in [0.3, 0.4) is 0 Å². The van der Waals surface area contributed by atoms with Gasteiger partial charge in [-0.1, -0.05) is 18.2 Å². The van der Waals surface area contributed by atoms with Crippen LogP contribution < -0.4 is 15.4 Å². The number of hydrogen-bond donors (Lipinski definition) is 2. The van der Waals surface area contributed by atoms with Crippen molar-refractivity contribution in [1.29, 1.82) is 0 Å². The van der Waals surface area contributed by atoms with Crippen molar-refractivity contribution in [3.8, 4) is 5.75 Å². The van der Waals surface area contributed by atoms with Crippen LogP contribution in [0.4, 0.5) is 0 Å². The van der Waals surface area contributed by atoms with Gasteiger partial charge in [0.15, 0.2) is 5.96 Å². The third-order valence-corrected chi connectivity index (χ3v) is 3.44. The minimum Gasteiger partial charge on any atom is -0.487 e. The highest BCUT2D eigenvalue weighted by atomic mass is 16.5. The number of nitrogens with one attached hydrogen (secondary N) is 2. The van der Waals surface area contributed by atoms with E-state index in [-0.39, 0.29) is 0 Å². The summed E-state index contributed by atoms with van der Waals surface area (Å²) in [4.78, 5) is 8.46. The highest BCUT2D eigenvalue weighted by molar-refractivity contribution is 5.79. The number of nitrogens with zero attached hydrogens (tertiary/aromatic N) is 2. The van der Waals surface area contributed by atoms with Gasteiger partial charge in [0, 0.05) is 32.9 Å². The summed E-state index contributed by atoms with van der Waals surface area (Å²) >= 11 is 0. The zero-order chi connectivity index (χ0) is 17.7. The molecule has 6 heteroatoms. The van der Waals surface area contributed by atoms with Crippen molar-refractivity contribution in [3.05, 3.63) is 59.9 Å². The molecular weight excluding hydrogens is 316 g/mol. The van der Waals surface area contributed by atoms with Crippen molar-refractivity contribution in [3.63, 3.8) is 0 Å². The Balaban J connectivity index is 1.80. The molecule has 0 bridgehead atoms. The summed E-state index contributed by atoms with van der Waals surface area (Å²) in [6.07, 6.45) is 1.77. The third-order valence-electron chi connectivity index (χ3n) is 3.44. The maximum absolute atomic E-state index is 5.80. The monoisotopic (exact) mass is 342 g/mol. The van der Waals surface area contributed by atoms with Gasteiger partial charge in [0.25, 0.3) is 0 Å². The summed E-state index contributed by atoms with van der Waals surface area (Å²) in [5, 5.41) is 6.49. The van der Waals surface area contributed by atoms with Gasteiger partial charge in [0.2, 0.25) is 0 Å². The second kappa shape index (κ2) is 11.0.